The summed E-state index contributed by atoms with van der Waals surface area (Å²) in [4.78, 5) is 6.36. The van der Waals surface area contributed by atoms with E-state index in [4.69, 9.17) is 4.74 Å². The number of aryl methyl sites for hydroxylation is 1. The van der Waals surface area contributed by atoms with Gasteiger partial charge in [0.05, 0.1) is 6.33 Å². The fraction of sp³-hybridized carbons (Fsp3) is 0.400. The minimum Gasteiger partial charge on any atom is -0.489 e. The fourth-order valence-electron chi connectivity index (χ4n) is 4.93. The Hall–Kier alpha value is -2.75. The summed E-state index contributed by atoms with van der Waals surface area (Å²) >= 11 is 0. The number of likely N-dealkylation sites (tertiary alicyclic amines) is 1. The lowest BCUT2D eigenvalue weighted by Crippen LogP contribution is -2.47. The molecule has 1 fully saturated rings. The summed E-state index contributed by atoms with van der Waals surface area (Å²) in [6.07, 6.45) is 5.79. The molecule has 1 N–H and O–H groups in total. The maximum Gasteiger partial charge on any atom is 0.259 e. The summed E-state index contributed by atoms with van der Waals surface area (Å²) in [7, 11) is -2.03. The molecule has 2 aliphatic rings. The van der Waals surface area contributed by atoms with Gasteiger partial charge in [-0.05, 0) is 61.2 Å². The minimum absolute atomic E-state index is 0.0132. The van der Waals surface area contributed by atoms with Crippen LogP contribution in [0.2, 0.25) is 0 Å². The molecule has 9 heteroatoms. The normalized spacial score (nSPS) is 20.2. The number of fused-ring (bicyclic) bond motifs is 1. The summed E-state index contributed by atoms with van der Waals surface area (Å²) in [5.41, 5.74) is 3.44. The second-order valence-electron chi connectivity index (χ2n) is 9.06. The average Bonchev–Trinajstić information content (AvgIpc) is 3.35. The van der Waals surface area contributed by atoms with Gasteiger partial charge in [-0.2, -0.15) is 0 Å². The Kier molecular flexibility index (Phi) is 6.42. The number of hydrogen-bond donors (Lipinski definition) is 1. The van der Waals surface area contributed by atoms with Crippen LogP contribution in [0.3, 0.4) is 0 Å². The molecule has 7 nitrogen and oxygen atoms in total. The minimum atomic E-state index is -3.73. The van der Waals surface area contributed by atoms with E-state index in [-0.39, 0.29) is 29.8 Å². The van der Waals surface area contributed by atoms with Crippen molar-refractivity contribution in [2.45, 2.75) is 36.2 Å². The number of nitrogens with zero attached hydrogens (tertiary/aromatic N) is 3. The van der Waals surface area contributed by atoms with E-state index < -0.39 is 15.8 Å². The highest BCUT2D eigenvalue weighted by atomic mass is 32.2. The van der Waals surface area contributed by atoms with Crippen molar-refractivity contribution in [2.75, 3.05) is 26.2 Å². The highest BCUT2D eigenvalue weighted by Crippen LogP contribution is 2.42. The molecule has 1 aliphatic heterocycles. The van der Waals surface area contributed by atoms with Crippen LogP contribution in [0.25, 0.3) is 0 Å². The standard InChI is InChI=1S/C25H29FN4O3S/c1-29-16-25(27-17-29)34(31,32)28-8-11-33-24-15-20-19(13-22(24)26)14-23(30-9-5-10-30)21(20)12-18-6-3-2-4-7-18/h2-4,6-7,13,15-17,21,23,28H,5,8-12,14H2,1H3/t21-,23+/m0/s1. The highest BCUT2D eigenvalue weighted by molar-refractivity contribution is 7.89. The lowest BCUT2D eigenvalue weighted by Gasteiger charge is -2.39. The number of benzene rings is 2. The van der Waals surface area contributed by atoms with Gasteiger partial charge in [0.25, 0.3) is 10.0 Å². The van der Waals surface area contributed by atoms with Crippen LogP contribution < -0.4 is 9.46 Å². The lowest BCUT2D eigenvalue weighted by molar-refractivity contribution is 0.106. The lowest BCUT2D eigenvalue weighted by atomic mass is 9.89. The molecule has 1 aliphatic carbocycles. The van der Waals surface area contributed by atoms with Gasteiger partial charge in [0.2, 0.25) is 0 Å². The number of hydrogen-bond acceptors (Lipinski definition) is 5. The van der Waals surface area contributed by atoms with Gasteiger partial charge in [-0.3, -0.25) is 4.90 Å². The van der Waals surface area contributed by atoms with E-state index in [1.165, 1.54) is 24.5 Å². The molecule has 1 aromatic heterocycles. The molecular weight excluding hydrogens is 455 g/mol. The van der Waals surface area contributed by atoms with Gasteiger partial charge in [0.1, 0.15) is 6.61 Å². The first-order valence-corrected chi connectivity index (χ1v) is 13.1. The van der Waals surface area contributed by atoms with Crippen molar-refractivity contribution in [1.29, 1.82) is 0 Å². The Labute approximate surface area is 199 Å². The first kappa shape index (κ1) is 23.0. The quantitative estimate of drug-likeness (QED) is 0.473. The maximum absolute atomic E-state index is 14.9. The number of imidazole rings is 1. The molecule has 5 rings (SSSR count). The SMILES string of the molecule is Cn1cnc(S(=O)(=O)NCCOc2cc3c(cc2F)C[C@@H](N2CCC2)[C@H]3Cc2ccccc2)c1. The van der Waals surface area contributed by atoms with E-state index in [1.54, 1.807) is 17.7 Å². The predicted molar refractivity (Wildman–Crippen MR) is 127 cm³/mol. The molecular formula is C25H29FN4O3S. The van der Waals surface area contributed by atoms with Crippen molar-refractivity contribution >= 4 is 10.0 Å². The van der Waals surface area contributed by atoms with Gasteiger partial charge in [-0.15, -0.1) is 0 Å². The van der Waals surface area contributed by atoms with Gasteiger partial charge in [-0.25, -0.2) is 22.5 Å². The molecule has 0 spiro atoms. The molecule has 2 aromatic carbocycles. The summed E-state index contributed by atoms with van der Waals surface area (Å²) in [6, 6.07) is 14.2. The molecule has 0 bridgehead atoms. The van der Waals surface area contributed by atoms with Gasteiger partial charge < -0.3 is 9.30 Å². The van der Waals surface area contributed by atoms with Gasteiger partial charge in [0, 0.05) is 31.7 Å². The van der Waals surface area contributed by atoms with Gasteiger partial charge in [-0.1, -0.05) is 30.3 Å². The Morgan fingerprint density at radius 2 is 2.00 bits per heavy atom. The van der Waals surface area contributed by atoms with Crippen molar-refractivity contribution in [3.05, 3.63) is 77.5 Å². The molecule has 0 radical (unpaired) electrons. The van der Waals surface area contributed by atoms with Crippen LogP contribution >= 0.6 is 0 Å². The van der Waals surface area contributed by atoms with Crippen LogP contribution in [0.1, 0.15) is 29.0 Å². The average molecular weight is 485 g/mol. The molecule has 0 unspecified atom stereocenters. The second-order valence-corrected chi connectivity index (χ2v) is 10.8. The van der Waals surface area contributed by atoms with E-state index in [2.05, 4.69) is 38.9 Å². The molecule has 180 valence electrons. The largest absolute Gasteiger partial charge is 0.489 e. The number of nitrogens with one attached hydrogen (secondary N) is 1. The number of aromatic nitrogens is 2. The van der Waals surface area contributed by atoms with E-state index in [9.17, 15) is 12.8 Å². The van der Waals surface area contributed by atoms with E-state index in [0.717, 1.165) is 37.1 Å². The smallest absolute Gasteiger partial charge is 0.259 e. The Balaban J connectivity index is 1.29. The van der Waals surface area contributed by atoms with Crippen LogP contribution in [0.4, 0.5) is 4.39 Å². The van der Waals surface area contributed by atoms with Crippen molar-refractivity contribution in [3.63, 3.8) is 0 Å². The first-order valence-electron chi connectivity index (χ1n) is 11.6. The number of halogens is 1. The molecule has 0 saturated carbocycles. The number of rotatable bonds is 9. The third kappa shape index (κ3) is 4.73. The fourth-order valence-corrected chi connectivity index (χ4v) is 5.92. The summed E-state index contributed by atoms with van der Waals surface area (Å²) in [6.45, 7) is 2.21. The van der Waals surface area contributed by atoms with Crippen LogP contribution in [-0.4, -0.2) is 55.2 Å². The van der Waals surface area contributed by atoms with Crippen LogP contribution in [-0.2, 0) is 29.9 Å². The summed E-state index contributed by atoms with van der Waals surface area (Å²) in [5, 5.41) is -0.0560. The Morgan fingerprint density at radius 1 is 1.21 bits per heavy atom. The molecule has 2 atom stereocenters. The number of ether oxygens (including phenoxy) is 1. The van der Waals surface area contributed by atoms with Crippen LogP contribution in [0.5, 0.6) is 5.75 Å². The maximum atomic E-state index is 14.9. The first-order chi connectivity index (χ1) is 16.4. The van der Waals surface area contributed by atoms with Gasteiger partial charge in [0.15, 0.2) is 16.6 Å². The van der Waals surface area contributed by atoms with E-state index in [1.807, 2.05) is 12.1 Å². The zero-order valence-corrected chi connectivity index (χ0v) is 20.0. The van der Waals surface area contributed by atoms with E-state index >= 15 is 0 Å². The van der Waals surface area contributed by atoms with Crippen LogP contribution in [0.15, 0.2) is 60.0 Å². The Morgan fingerprint density at radius 3 is 2.68 bits per heavy atom. The van der Waals surface area contributed by atoms with Crippen LogP contribution in [0, 0.1) is 5.82 Å². The van der Waals surface area contributed by atoms with Gasteiger partial charge >= 0.3 is 0 Å². The monoisotopic (exact) mass is 484 g/mol. The third-order valence-electron chi connectivity index (χ3n) is 6.75. The molecule has 34 heavy (non-hydrogen) atoms. The highest BCUT2D eigenvalue weighted by Gasteiger charge is 2.39. The molecule has 2 heterocycles. The topological polar surface area (TPSA) is 76.5 Å². The van der Waals surface area contributed by atoms with Crippen molar-refractivity contribution in [1.82, 2.24) is 19.2 Å². The predicted octanol–water partition coefficient (Wildman–Crippen LogP) is 2.87. The summed E-state index contributed by atoms with van der Waals surface area (Å²) < 4.78 is 49.2. The zero-order valence-electron chi connectivity index (χ0n) is 19.2. The summed E-state index contributed by atoms with van der Waals surface area (Å²) in [5.74, 6) is 0.0236. The molecule has 0 amide bonds. The third-order valence-corrected chi connectivity index (χ3v) is 8.10. The Bertz CT molecular complexity index is 1260. The van der Waals surface area contributed by atoms with Crippen molar-refractivity contribution in [2.24, 2.45) is 7.05 Å². The van der Waals surface area contributed by atoms with Crippen molar-refractivity contribution in [3.8, 4) is 5.75 Å². The number of sulfonamides is 1. The van der Waals surface area contributed by atoms with Crippen molar-refractivity contribution < 1.29 is 17.5 Å². The van der Waals surface area contributed by atoms with E-state index in [0.29, 0.717) is 6.04 Å². The zero-order chi connectivity index (χ0) is 23.7. The second kappa shape index (κ2) is 9.48. The molecule has 3 aromatic rings. The molecule has 1 saturated heterocycles.